The maximum atomic E-state index is 11.7. The highest BCUT2D eigenvalue weighted by molar-refractivity contribution is 9.09. The van der Waals surface area contributed by atoms with Gasteiger partial charge in [-0.15, -0.1) is 0 Å². The monoisotopic (exact) mass is 327 g/mol. The van der Waals surface area contributed by atoms with E-state index in [0.29, 0.717) is 6.42 Å². The van der Waals surface area contributed by atoms with E-state index >= 15 is 0 Å². The van der Waals surface area contributed by atoms with Gasteiger partial charge in [-0.2, -0.15) is 0 Å². The maximum Gasteiger partial charge on any atom is 0.224 e. The molecule has 0 bridgehead atoms. The first-order valence-corrected chi connectivity index (χ1v) is 7.90. The van der Waals surface area contributed by atoms with Crippen LogP contribution in [0.5, 0.6) is 5.75 Å². The van der Waals surface area contributed by atoms with Crippen molar-refractivity contribution in [2.45, 2.75) is 45.6 Å². The number of amides is 1. The predicted octanol–water partition coefficient (Wildman–Crippen LogP) is 4.37. The Morgan fingerprint density at radius 2 is 2.21 bits per heavy atom. The number of carbonyl (C=O) groups is 1. The highest BCUT2D eigenvalue weighted by Crippen LogP contribution is 2.19. The fraction of sp³-hybridized carbons (Fsp3) is 0.533. The van der Waals surface area contributed by atoms with Crippen molar-refractivity contribution >= 4 is 27.5 Å². The van der Waals surface area contributed by atoms with Crippen LogP contribution in [0.25, 0.3) is 0 Å². The van der Waals surface area contributed by atoms with Gasteiger partial charge < -0.3 is 10.1 Å². The van der Waals surface area contributed by atoms with Crippen LogP contribution in [0.1, 0.15) is 39.5 Å². The molecule has 0 aliphatic heterocycles. The topological polar surface area (TPSA) is 38.3 Å². The molecular weight excluding hydrogens is 306 g/mol. The van der Waals surface area contributed by atoms with Gasteiger partial charge in [0.25, 0.3) is 0 Å². The summed E-state index contributed by atoms with van der Waals surface area (Å²) >= 11 is 3.36. The zero-order chi connectivity index (χ0) is 14.1. The van der Waals surface area contributed by atoms with Crippen molar-refractivity contribution in [3.8, 4) is 5.75 Å². The molecule has 19 heavy (non-hydrogen) atoms. The van der Waals surface area contributed by atoms with Crippen LogP contribution in [0.2, 0.25) is 0 Å². The van der Waals surface area contributed by atoms with Gasteiger partial charge in [0, 0.05) is 23.5 Å². The van der Waals surface area contributed by atoms with Crippen LogP contribution in [-0.4, -0.2) is 17.3 Å². The summed E-state index contributed by atoms with van der Waals surface area (Å²) in [6.45, 7) is 4.12. The number of nitrogens with one attached hydrogen (secondary N) is 1. The lowest BCUT2D eigenvalue weighted by molar-refractivity contribution is -0.116. The van der Waals surface area contributed by atoms with Crippen LogP contribution in [0, 0.1) is 0 Å². The number of hydrogen-bond donors (Lipinski definition) is 1. The summed E-state index contributed by atoms with van der Waals surface area (Å²) in [5, 5.41) is 3.84. The van der Waals surface area contributed by atoms with E-state index in [1.165, 1.54) is 0 Å². The second-order valence-electron chi connectivity index (χ2n) is 4.56. The summed E-state index contributed by atoms with van der Waals surface area (Å²) in [7, 11) is 0. The number of anilines is 1. The normalized spacial score (nSPS) is 11.9. The number of benzene rings is 1. The molecule has 1 unspecified atom stereocenters. The smallest absolute Gasteiger partial charge is 0.224 e. The zero-order valence-corrected chi connectivity index (χ0v) is 13.2. The van der Waals surface area contributed by atoms with Crippen LogP contribution in [0.4, 0.5) is 5.69 Å². The molecule has 1 atom stereocenters. The molecule has 0 aromatic heterocycles. The predicted molar refractivity (Wildman–Crippen MR) is 83.1 cm³/mol. The van der Waals surface area contributed by atoms with Crippen molar-refractivity contribution < 1.29 is 9.53 Å². The van der Waals surface area contributed by atoms with E-state index < -0.39 is 0 Å². The Morgan fingerprint density at radius 1 is 1.42 bits per heavy atom. The Morgan fingerprint density at radius 3 is 2.89 bits per heavy atom. The largest absolute Gasteiger partial charge is 0.491 e. The molecule has 0 aliphatic carbocycles. The molecule has 0 fully saturated rings. The van der Waals surface area contributed by atoms with E-state index in [2.05, 4.69) is 28.2 Å². The molecule has 0 saturated carbocycles. The Hall–Kier alpha value is -1.03. The number of ether oxygens (including phenoxy) is 1. The molecule has 3 nitrogen and oxygen atoms in total. The molecule has 0 aliphatic rings. The van der Waals surface area contributed by atoms with Crippen LogP contribution in [-0.2, 0) is 4.79 Å². The van der Waals surface area contributed by atoms with Gasteiger partial charge in [0.05, 0.1) is 6.10 Å². The Bertz CT molecular complexity index is 395. The first-order chi connectivity index (χ1) is 9.15. The molecule has 4 heteroatoms. The third kappa shape index (κ3) is 6.62. The Kier molecular flexibility index (Phi) is 7.56. The lowest BCUT2D eigenvalue weighted by Gasteiger charge is -2.13. The first kappa shape index (κ1) is 16.0. The van der Waals surface area contributed by atoms with E-state index in [1.807, 2.05) is 31.2 Å². The van der Waals surface area contributed by atoms with E-state index in [1.54, 1.807) is 0 Å². The average Bonchev–Trinajstić information content (AvgIpc) is 2.39. The summed E-state index contributed by atoms with van der Waals surface area (Å²) < 4.78 is 5.73. The van der Waals surface area contributed by atoms with Gasteiger partial charge in [-0.1, -0.05) is 28.9 Å². The number of hydrogen-bond acceptors (Lipinski definition) is 2. The number of alkyl halides is 1. The van der Waals surface area contributed by atoms with E-state index in [-0.39, 0.29) is 12.0 Å². The molecule has 1 rings (SSSR count). The Labute approximate surface area is 123 Å². The minimum atomic E-state index is 0.0571. The molecule has 1 N–H and O–H groups in total. The minimum Gasteiger partial charge on any atom is -0.491 e. The van der Waals surface area contributed by atoms with Crippen molar-refractivity contribution in [3.05, 3.63) is 24.3 Å². The number of unbranched alkanes of at least 4 members (excludes halogenated alkanes) is 1. The van der Waals surface area contributed by atoms with Crippen LogP contribution >= 0.6 is 15.9 Å². The van der Waals surface area contributed by atoms with Crippen LogP contribution in [0.15, 0.2) is 24.3 Å². The fourth-order valence-corrected chi connectivity index (χ4v) is 1.96. The van der Waals surface area contributed by atoms with E-state index in [0.717, 1.165) is 36.0 Å². The number of carbonyl (C=O) groups excluding carboxylic acids is 1. The van der Waals surface area contributed by atoms with Crippen molar-refractivity contribution in [3.63, 3.8) is 0 Å². The number of rotatable bonds is 8. The average molecular weight is 328 g/mol. The lowest BCUT2D eigenvalue weighted by atomic mass is 10.2. The molecule has 1 aromatic carbocycles. The van der Waals surface area contributed by atoms with E-state index in [9.17, 15) is 4.79 Å². The van der Waals surface area contributed by atoms with Crippen molar-refractivity contribution in [1.29, 1.82) is 0 Å². The maximum absolute atomic E-state index is 11.7. The first-order valence-electron chi connectivity index (χ1n) is 6.78. The third-order valence-corrected chi connectivity index (χ3v) is 3.38. The summed E-state index contributed by atoms with van der Waals surface area (Å²) in [6.07, 6.45) is 3.63. The van der Waals surface area contributed by atoms with Crippen molar-refractivity contribution in [2.75, 3.05) is 10.6 Å². The lowest BCUT2D eigenvalue weighted by Crippen LogP contribution is -2.12. The zero-order valence-electron chi connectivity index (χ0n) is 11.6. The molecule has 106 valence electrons. The standard InChI is InChI=1S/C15H22BrNO2/c1-3-12(2)19-14-8-6-7-13(11-14)17-15(18)9-4-5-10-16/h6-8,11-12H,3-5,9-10H2,1-2H3,(H,17,18). The van der Waals surface area contributed by atoms with E-state index in [4.69, 9.17) is 4.74 Å². The second-order valence-corrected chi connectivity index (χ2v) is 5.35. The van der Waals surface area contributed by atoms with Gasteiger partial charge in [-0.3, -0.25) is 4.79 Å². The highest BCUT2D eigenvalue weighted by atomic mass is 79.9. The summed E-state index contributed by atoms with van der Waals surface area (Å²) in [5.74, 6) is 0.856. The molecule has 0 saturated heterocycles. The SMILES string of the molecule is CCC(C)Oc1cccc(NC(=O)CCCCBr)c1. The molecule has 0 heterocycles. The quantitative estimate of drug-likeness (QED) is 0.568. The third-order valence-electron chi connectivity index (χ3n) is 2.82. The van der Waals surface area contributed by atoms with Gasteiger partial charge in [-0.05, 0) is 38.3 Å². The van der Waals surface area contributed by atoms with Crippen LogP contribution in [0.3, 0.4) is 0 Å². The molecule has 1 amide bonds. The van der Waals surface area contributed by atoms with Crippen molar-refractivity contribution in [2.24, 2.45) is 0 Å². The van der Waals surface area contributed by atoms with Gasteiger partial charge in [-0.25, -0.2) is 0 Å². The minimum absolute atomic E-state index is 0.0571. The summed E-state index contributed by atoms with van der Waals surface area (Å²) in [6, 6.07) is 7.55. The highest BCUT2D eigenvalue weighted by Gasteiger charge is 2.05. The van der Waals surface area contributed by atoms with Gasteiger partial charge in [0.15, 0.2) is 0 Å². The van der Waals surface area contributed by atoms with Gasteiger partial charge in [0.2, 0.25) is 5.91 Å². The van der Waals surface area contributed by atoms with Gasteiger partial charge in [0.1, 0.15) is 5.75 Å². The fourth-order valence-electron chi connectivity index (χ4n) is 1.57. The molecule has 0 radical (unpaired) electrons. The number of halogens is 1. The Balaban J connectivity index is 2.49. The summed E-state index contributed by atoms with van der Waals surface area (Å²) in [4.78, 5) is 11.7. The molecule has 1 aromatic rings. The second kappa shape index (κ2) is 8.97. The summed E-state index contributed by atoms with van der Waals surface area (Å²) in [5.41, 5.74) is 0.796. The van der Waals surface area contributed by atoms with Crippen LogP contribution < -0.4 is 10.1 Å². The molecular formula is C15H22BrNO2. The molecule has 0 spiro atoms. The van der Waals surface area contributed by atoms with Crippen molar-refractivity contribution in [1.82, 2.24) is 0 Å². The van der Waals surface area contributed by atoms with Gasteiger partial charge >= 0.3 is 0 Å².